The average Bonchev–Trinajstić information content (AvgIpc) is 3.02. The van der Waals surface area contributed by atoms with Gasteiger partial charge in [0.25, 0.3) is 0 Å². The Morgan fingerprint density at radius 3 is 2.88 bits per heavy atom. The Morgan fingerprint density at radius 1 is 1.38 bits per heavy atom. The second-order valence-electron chi connectivity index (χ2n) is 7.44. The van der Waals surface area contributed by atoms with Gasteiger partial charge in [-0.1, -0.05) is 31.2 Å². The van der Waals surface area contributed by atoms with Crippen LogP contribution in [0.15, 0.2) is 23.3 Å². The van der Waals surface area contributed by atoms with E-state index < -0.39 is 17.1 Å². The maximum Gasteiger partial charge on any atom is 0.466 e. The smallest absolute Gasteiger partial charge is 0.428 e. The Balaban J connectivity index is 1.59. The van der Waals surface area contributed by atoms with E-state index in [1.54, 1.807) is 12.0 Å². The predicted octanol–water partition coefficient (Wildman–Crippen LogP) is 0.701. The highest BCUT2D eigenvalue weighted by Crippen LogP contribution is 2.35. The lowest BCUT2D eigenvalue weighted by molar-refractivity contribution is 0.315. The molecule has 0 saturated heterocycles. The molecular weight excluding hydrogens is 349 g/mol. The SMILES string of the molecule is CCCS(=O)(=O)NC1CC(C2=NN(C)B(O)c3ccc4c(c32)C=CC4)C1. The molecule has 138 valence electrons. The van der Waals surface area contributed by atoms with Gasteiger partial charge in [-0.15, -0.1) is 0 Å². The first-order valence-electron chi connectivity index (χ1n) is 9.21. The number of hydrazone groups is 1. The summed E-state index contributed by atoms with van der Waals surface area (Å²) in [6, 6.07) is 4.06. The topological polar surface area (TPSA) is 82.0 Å². The number of nitrogens with zero attached hydrogens (tertiary/aromatic N) is 2. The van der Waals surface area contributed by atoms with E-state index in [0.717, 1.165) is 41.6 Å². The van der Waals surface area contributed by atoms with Crippen LogP contribution in [-0.4, -0.2) is 50.0 Å². The number of nitrogens with one attached hydrogen (secondary N) is 1. The minimum Gasteiger partial charge on any atom is -0.428 e. The number of benzene rings is 1. The highest BCUT2D eigenvalue weighted by atomic mass is 32.2. The van der Waals surface area contributed by atoms with Crippen molar-refractivity contribution in [1.29, 1.82) is 0 Å². The van der Waals surface area contributed by atoms with Gasteiger partial charge in [0, 0.05) is 24.6 Å². The van der Waals surface area contributed by atoms with E-state index in [-0.39, 0.29) is 17.7 Å². The minimum atomic E-state index is -3.19. The van der Waals surface area contributed by atoms with Crippen LogP contribution in [0.2, 0.25) is 0 Å². The molecule has 0 spiro atoms. The Morgan fingerprint density at radius 2 is 2.15 bits per heavy atom. The Hall–Kier alpha value is -1.64. The summed E-state index contributed by atoms with van der Waals surface area (Å²) in [6.45, 7) is 1.87. The molecule has 26 heavy (non-hydrogen) atoms. The summed E-state index contributed by atoms with van der Waals surface area (Å²) in [5, 5.41) is 15.2. The van der Waals surface area contributed by atoms with Crippen LogP contribution in [0.1, 0.15) is 42.9 Å². The van der Waals surface area contributed by atoms with Crippen molar-refractivity contribution in [2.24, 2.45) is 11.0 Å². The second kappa shape index (κ2) is 6.51. The molecule has 0 radical (unpaired) electrons. The van der Waals surface area contributed by atoms with Crippen molar-refractivity contribution in [2.45, 2.75) is 38.6 Å². The maximum atomic E-state index is 12.0. The van der Waals surface area contributed by atoms with Crippen molar-refractivity contribution in [2.75, 3.05) is 12.8 Å². The number of hydrogen-bond donors (Lipinski definition) is 2. The number of allylic oxidation sites excluding steroid dienone is 1. The summed E-state index contributed by atoms with van der Waals surface area (Å²) >= 11 is 0. The van der Waals surface area contributed by atoms with Gasteiger partial charge in [-0.25, -0.2) is 13.1 Å². The largest absolute Gasteiger partial charge is 0.466 e. The van der Waals surface area contributed by atoms with E-state index in [0.29, 0.717) is 6.42 Å². The third kappa shape index (κ3) is 3.00. The molecule has 1 aromatic carbocycles. The molecule has 2 N–H and O–H groups in total. The fourth-order valence-electron chi connectivity index (χ4n) is 4.13. The molecule has 1 aromatic rings. The lowest BCUT2D eigenvalue weighted by atomic mass is 9.64. The molecule has 1 fully saturated rings. The molecule has 0 unspecified atom stereocenters. The van der Waals surface area contributed by atoms with Gasteiger partial charge < -0.3 is 9.94 Å². The first kappa shape index (κ1) is 17.8. The highest BCUT2D eigenvalue weighted by Gasteiger charge is 2.41. The fraction of sp³-hybridized carbons (Fsp3) is 0.500. The van der Waals surface area contributed by atoms with Crippen LogP contribution in [0.25, 0.3) is 6.08 Å². The van der Waals surface area contributed by atoms with Crippen molar-refractivity contribution < 1.29 is 13.4 Å². The standard InChI is InChI=1S/C18H24BN3O3S/c1-3-9-26(24,25)21-14-10-13(11-14)18-17-15-6-4-5-12(15)7-8-16(17)19(23)22(2)20-18/h4,6-8,13-14,21,23H,3,5,9-11H2,1-2H3. The quantitative estimate of drug-likeness (QED) is 0.745. The van der Waals surface area contributed by atoms with Crippen LogP contribution in [-0.2, 0) is 16.4 Å². The number of fused-ring (bicyclic) bond motifs is 3. The third-order valence-electron chi connectivity index (χ3n) is 5.49. The average molecular weight is 373 g/mol. The van der Waals surface area contributed by atoms with Crippen LogP contribution in [0.4, 0.5) is 0 Å². The molecule has 4 rings (SSSR count). The number of rotatable bonds is 5. The van der Waals surface area contributed by atoms with Crippen LogP contribution in [0, 0.1) is 5.92 Å². The van der Waals surface area contributed by atoms with Gasteiger partial charge >= 0.3 is 7.05 Å². The van der Waals surface area contributed by atoms with Gasteiger partial charge in [0.15, 0.2) is 0 Å². The zero-order valence-electron chi connectivity index (χ0n) is 15.1. The van der Waals surface area contributed by atoms with Gasteiger partial charge in [-0.3, -0.25) is 0 Å². The molecule has 2 aliphatic carbocycles. The minimum absolute atomic E-state index is 0.0211. The van der Waals surface area contributed by atoms with Crippen LogP contribution in [0.3, 0.4) is 0 Å². The lowest BCUT2D eigenvalue weighted by Crippen LogP contribution is -2.54. The van der Waals surface area contributed by atoms with Gasteiger partial charge in [0.1, 0.15) is 0 Å². The number of hydrogen-bond acceptors (Lipinski definition) is 5. The third-order valence-corrected chi connectivity index (χ3v) is 7.13. The lowest BCUT2D eigenvalue weighted by Gasteiger charge is -2.40. The van der Waals surface area contributed by atoms with Crippen molar-refractivity contribution >= 4 is 34.3 Å². The molecule has 0 amide bonds. The van der Waals surface area contributed by atoms with E-state index in [4.69, 9.17) is 0 Å². The van der Waals surface area contributed by atoms with Gasteiger partial charge in [0.2, 0.25) is 10.0 Å². The van der Waals surface area contributed by atoms with Crippen molar-refractivity contribution in [3.05, 3.63) is 34.9 Å². The second-order valence-corrected chi connectivity index (χ2v) is 9.32. The van der Waals surface area contributed by atoms with Crippen LogP contribution >= 0.6 is 0 Å². The summed E-state index contributed by atoms with van der Waals surface area (Å²) < 4.78 is 26.7. The van der Waals surface area contributed by atoms with E-state index >= 15 is 0 Å². The zero-order valence-corrected chi connectivity index (χ0v) is 16.0. The van der Waals surface area contributed by atoms with Crippen LogP contribution < -0.4 is 10.2 Å². The zero-order chi connectivity index (χ0) is 18.5. The van der Waals surface area contributed by atoms with Crippen molar-refractivity contribution in [1.82, 2.24) is 9.64 Å². The predicted molar refractivity (Wildman–Crippen MR) is 105 cm³/mol. The summed E-state index contributed by atoms with van der Waals surface area (Å²) in [5.41, 5.74) is 5.32. The van der Waals surface area contributed by atoms with E-state index in [1.807, 2.05) is 13.0 Å². The molecule has 0 bridgehead atoms. The maximum absolute atomic E-state index is 12.0. The van der Waals surface area contributed by atoms with Crippen molar-refractivity contribution in [3.63, 3.8) is 0 Å². The van der Waals surface area contributed by atoms with Crippen molar-refractivity contribution in [3.8, 4) is 0 Å². The first-order valence-corrected chi connectivity index (χ1v) is 10.9. The summed E-state index contributed by atoms with van der Waals surface area (Å²) in [6.07, 6.45) is 7.27. The Kier molecular flexibility index (Phi) is 4.45. The molecule has 1 heterocycles. The summed E-state index contributed by atoms with van der Waals surface area (Å²) in [4.78, 5) is 1.59. The monoisotopic (exact) mass is 373 g/mol. The molecule has 8 heteroatoms. The Labute approximate surface area is 155 Å². The molecule has 6 nitrogen and oxygen atoms in total. The molecule has 1 saturated carbocycles. The highest BCUT2D eigenvalue weighted by molar-refractivity contribution is 7.89. The molecule has 3 aliphatic rings. The molecule has 1 aliphatic heterocycles. The molecule has 0 atom stereocenters. The number of sulfonamides is 1. The van der Waals surface area contributed by atoms with E-state index in [2.05, 4.69) is 28.0 Å². The normalized spacial score (nSPS) is 24.2. The van der Waals surface area contributed by atoms with Gasteiger partial charge in [0.05, 0.1) is 11.5 Å². The summed E-state index contributed by atoms with van der Waals surface area (Å²) in [7, 11) is -2.16. The molecule has 0 aromatic heterocycles. The van der Waals surface area contributed by atoms with Gasteiger partial charge in [-0.05, 0) is 42.3 Å². The van der Waals surface area contributed by atoms with E-state index in [1.165, 1.54) is 5.56 Å². The summed E-state index contributed by atoms with van der Waals surface area (Å²) in [5.74, 6) is 0.379. The van der Waals surface area contributed by atoms with Crippen LogP contribution in [0.5, 0.6) is 0 Å². The first-order chi connectivity index (χ1) is 12.4. The van der Waals surface area contributed by atoms with E-state index in [9.17, 15) is 13.4 Å². The fourth-order valence-corrected chi connectivity index (χ4v) is 5.49. The molecular formula is C18H24BN3O3S. The Bertz CT molecular complexity index is 891. The van der Waals surface area contributed by atoms with Gasteiger partial charge in [-0.2, -0.15) is 5.10 Å².